The van der Waals surface area contributed by atoms with Crippen LogP contribution in [-0.4, -0.2) is 40.1 Å². The van der Waals surface area contributed by atoms with E-state index in [1.807, 2.05) is 23.9 Å². The van der Waals surface area contributed by atoms with E-state index in [0.29, 0.717) is 10.8 Å². The lowest BCUT2D eigenvalue weighted by Gasteiger charge is -2.30. The van der Waals surface area contributed by atoms with Crippen LogP contribution in [0.25, 0.3) is 0 Å². The van der Waals surface area contributed by atoms with Gasteiger partial charge in [-0.25, -0.2) is 4.79 Å². The minimum Gasteiger partial charge on any atom is -0.478 e. The van der Waals surface area contributed by atoms with Gasteiger partial charge in [0.15, 0.2) is 0 Å². The van der Waals surface area contributed by atoms with Gasteiger partial charge in [0.05, 0.1) is 5.56 Å². The Hall–Kier alpha value is -1.00. The summed E-state index contributed by atoms with van der Waals surface area (Å²) < 4.78 is 0. The van der Waals surface area contributed by atoms with Gasteiger partial charge in [0.25, 0.3) is 0 Å². The molecule has 2 rings (SSSR count). The Balaban J connectivity index is 2.10. The zero-order valence-electron chi connectivity index (χ0n) is 9.93. The number of hydrogen-bond acceptors (Lipinski definition) is 3. The molecule has 1 aliphatic heterocycles. The monoisotopic (exact) mass is 251 g/mol. The summed E-state index contributed by atoms with van der Waals surface area (Å²) in [5.74, 6) is 0.302. The van der Waals surface area contributed by atoms with Crippen molar-refractivity contribution in [1.82, 2.24) is 4.90 Å². The minimum absolute atomic E-state index is 0.429. The molecule has 0 radical (unpaired) electrons. The van der Waals surface area contributed by atoms with Gasteiger partial charge in [-0.05, 0) is 11.6 Å². The first-order chi connectivity index (χ1) is 8.16. The first-order valence-electron chi connectivity index (χ1n) is 5.82. The smallest absolute Gasteiger partial charge is 0.336 e. The molecule has 1 aromatic carbocycles. The highest BCUT2D eigenvalue weighted by Crippen LogP contribution is 2.20. The molecule has 0 spiro atoms. The van der Waals surface area contributed by atoms with Crippen molar-refractivity contribution in [3.63, 3.8) is 0 Å². The predicted octanol–water partition coefficient (Wildman–Crippen LogP) is 2.32. The largest absolute Gasteiger partial charge is 0.478 e. The molecule has 4 heteroatoms. The van der Waals surface area contributed by atoms with Gasteiger partial charge in [-0.1, -0.05) is 25.1 Å². The van der Waals surface area contributed by atoms with E-state index >= 15 is 0 Å². The van der Waals surface area contributed by atoms with Crippen molar-refractivity contribution in [2.75, 3.05) is 18.8 Å². The molecular weight excluding hydrogens is 234 g/mol. The molecule has 1 atom stereocenters. The van der Waals surface area contributed by atoms with Gasteiger partial charge in [0.1, 0.15) is 0 Å². The van der Waals surface area contributed by atoms with E-state index in [1.54, 1.807) is 12.1 Å². The first kappa shape index (κ1) is 12.5. The van der Waals surface area contributed by atoms with E-state index in [2.05, 4.69) is 11.8 Å². The standard InChI is InChI=1S/C13H17NO2S/c1-10-8-14(6-7-17-10)9-11-4-2-3-5-12(11)13(15)16/h2-5,10H,6-9H2,1H3,(H,15,16). The van der Waals surface area contributed by atoms with Crippen LogP contribution in [0.15, 0.2) is 24.3 Å². The molecule has 17 heavy (non-hydrogen) atoms. The number of carbonyl (C=O) groups is 1. The number of carboxylic acids is 1. The van der Waals surface area contributed by atoms with Gasteiger partial charge in [-0.3, -0.25) is 4.90 Å². The summed E-state index contributed by atoms with van der Waals surface area (Å²) in [6, 6.07) is 7.28. The van der Waals surface area contributed by atoms with Crippen molar-refractivity contribution in [3.8, 4) is 0 Å². The van der Waals surface area contributed by atoms with Crippen molar-refractivity contribution in [2.24, 2.45) is 0 Å². The van der Waals surface area contributed by atoms with Crippen LogP contribution in [0.3, 0.4) is 0 Å². The summed E-state index contributed by atoms with van der Waals surface area (Å²) in [5, 5.41) is 9.76. The van der Waals surface area contributed by atoms with Gasteiger partial charge < -0.3 is 5.11 Å². The highest BCUT2D eigenvalue weighted by molar-refractivity contribution is 7.99. The van der Waals surface area contributed by atoms with E-state index in [-0.39, 0.29) is 0 Å². The molecule has 0 bridgehead atoms. The summed E-state index contributed by atoms with van der Waals surface area (Å²) in [7, 11) is 0. The number of carboxylic acid groups (broad SMARTS) is 1. The lowest BCUT2D eigenvalue weighted by atomic mass is 10.1. The van der Waals surface area contributed by atoms with Gasteiger partial charge >= 0.3 is 5.97 Å². The molecule has 1 aromatic rings. The second-order valence-corrected chi connectivity index (χ2v) is 5.93. The van der Waals surface area contributed by atoms with Crippen molar-refractivity contribution in [2.45, 2.75) is 18.7 Å². The highest BCUT2D eigenvalue weighted by Gasteiger charge is 2.18. The Morgan fingerprint density at radius 1 is 1.53 bits per heavy atom. The van der Waals surface area contributed by atoms with Gasteiger partial charge in [0.2, 0.25) is 0 Å². The van der Waals surface area contributed by atoms with E-state index in [0.717, 1.165) is 31.0 Å². The molecule has 1 N–H and O–H groups in total. The number of aromatic carboxylic acids is 1. The summed E-state index contributed by atoms with van der Waals surface area (Å²) in [5.41, 5.74) is 1.34. The maximum absolute atomic E-state index is 11.1. The van der Waals surface area contributed by atoms with Crippen LogP contribution in [0, 0.1) is 0 Å². The van der Waals surface area contributed by atoms with Crippen LogP contribution >= 0.6 is 11.8 Å². The van der Waals surface area contributed by atoms with Crippen LogP contribution in [0.2, 0.25) is 0 Å². The second-order valence-electron chi connectivity index (χ2n) is 4.38. The SMILES string of the molecule is CC1CN(Cc2ccccc2C(=O)O)CCS1. The molecule has 1 fully saturated rings. The summed E-state index contributed by atoms with van der Waals surface area (Å²) in [4.78, 5) is 13.4. The van der Waals surface area contributed by atoms with Crippen LogP contribution in [0.1, 0.15) is 22.8 Å². The third-order valence-electron chi connectivity index (χ3n) is 2.97. The van der Waals surface area contributed by atoms with E-state index < -0.39 is 5.97 Å². The van der Waals surface area contributed by atoms with E-state index in [9.17, 15) is 4.79 Å². The minimum atomic E-state index is -0.833. The molecule has 0 amide bonds. The number of hydrogen-bond donors (Lipinski definition) is 1. The van der Waals surface area contributed by atoms with E-state index in [1.165, 1.54) is 0 Å². The predicted molar refractivity (Wildman–Crippen MR) is 70.6 cm³/mol. The maximum atomic E-state index is 11.1. The van der Waals surface area contributed by atoms with Gasteiger partial charge in [0, 0.05) is 30.6 Å². The Morgan fingerprint density at radius 2 is 2.29 bits per heavy atom. The van der Waals surface area contributed by atoms with Crippen molar-refractivity contribution in [3.05, 3.63) is 35.4 Å². The van der Waals surface area contributed by atoms with Crippen molar-refractivity contribution >= 4 is 17.7 Å². The third-order valence-corrected chi connectivity index (χ3v) is 4.10. The van der Waals surface area contributed by atoms with Crippen LogP contribution in [-0.2, 0) is 6.54 Å². The summed E-state index contributed by atoms with van der Waals surface area (Å²) in [6.45, 7) is 5.05. The summed E-state index contributed by atoms with van der Waals surface area (Å²) >= 11 is 1.98. The number of benzene rings is 1. The molecule has 3 nitrogen and oxygen atoms in total. The van der Waals surface area contributed by atoms with Gasteiger partial charge in [-0.15, -0.1) is 0 Å². The van der Waals surface area contributed by atoms with Crippen molar-refractivity contribution in [1.29, 1.82) is 0 Å². The lowest BCUT2D eigenvalue weighted by molar-refractivity contribution is 0.0694. The summed E-state index contributed by atoms with van der Waals surface area (Å²) in [6.07, 6.45) is 0. The van der Waals surface area contributed by atoms with E-state index in [4.69, 9.17) is 5.11 Å². The maximum Gasteiger partial charge on any atom is 0.336 e. The second kappa shape index (κ2) is 5.56. The zero-order chi connectivity index (χ0) is 12.3. The van der Waals surface area contributed by atoms with Crippen LogP contribution in [0.4, 0.5) is 0 Å². The fourth-order valence-corrected chi connectivity index (χ4v) is 3.22. The Kier molecular flexibility index (Phi) is 4.07. The van der Waals surface area contributed by atoms with Crippen molar-refractivity contribution < 1.29 is 9.90 Å². The Morgan fingerprint density at radius 3 is 3.00 bits per heavy atom. The average Bonchev–Trinajstić information content (AvgIpc) is 2.29. The fraction of sp³-hybridized carbons (Fsp3) is 0.462. The molecule has 0 saturated carbocycles. The number of rotatable bonds is 3. The molecular formula is C13H17NO2S. The number of nitrogens with zero attached hydrogens (tertiary/aromatic N) is 1. The normalized spacial score (nSPS) is 21.4. The molecule has 92 valence electrons. The molecule has 0 aromatic heterocycles. The highest BCUT2D eigenvalue weighted by atomic mass is 32.2. The fourth-order valence-electron chi connectivity index (χ4n) is 2.14. The average molecular weight is 251 g/mol. The quantitative estimate of drug-likeness (QED) is 0.895. The molecule has 1 unspecified atom stereocenters. The van der Waals surface area contributed by atoms with Crippen LogP contribution < -0.4 is 0 Å². The number of thioether (sulfide) groups is 1. The third kappa shape index (κ3) is 3.23. The molecule has 0 aliphatic carbocycles. The molecule has 1 saturated heterocycles. The zero-order valence-corrected chi connectivity index (χ0v) is 10.7. The topological polar surface area (TPSA) is 40.5 Å². The Bertz CT molecular complexity index is 408. The van der Waals surface area contributed by atoms with Crippen LogP contribution in [0.5, 0.6) is 0 Å². The molecule has 1 aliphatic rings. The first-order valence-corrected chi connectivity index (χ1v) is 6.87. The van der Waals surface area contributed by atoms with Gasteiger partial charge in [-0.2, -0.15) is 11.8 Å². The molecule has 1 heterocycles. The Labute approximate surface area is 106 Å². The lowest BCUT2D eigenvalue weighted by Crippen LogP contribution is -2.36.